The van der Waals surface area contributed by atoms with E-state index in [1.165, 1.54) is 12.1 Å². The molecule has 1 heterocycles. The van der Waals surface area contributed by atoms with E-state index in [2.05, 4.69) is 22.2 Å². The van der Waals surface area contributed by atoms with Crippen LogP contribution in [0.5, 0.6) is 11.5 Å². The first-order chi connectivity index (χ1) is 13.5. The van der Waals surface area contributed by atoms with Crippen LogP contribution in [0.15, 0.2) is 61.3 Å². The van der Waals surface area contributed by atoms with Crippen LogP contribution in [0.3, 0.4) is 0 Å². The van der Waals surface area contributed by atoms with Crippen LogP contribution < -0.4 is 15.4 Å². The number of aromatic nitrogens is 1. The minimum absolute atomic E-state index is 0. The van der Waals surface area contributed by atoms with E-state index in [9.17, 15) is 8.78 Å². The normalized spacial score (nSPS) is 10.4. The van der Waals surface area contributed by atoms with Gasteiger partial charge in [0.2, 0.25) is 0 Å². The van der Waals surface area contributed by atoms with Gasteiger partial charge in [-0.05, 0) is 36.8 Å². The first-order valence-electron chi connectivity index (χ1n) is 8.75. The maximum absolute atomic E-state index is 13.3. The predicted octanol–water partition coefficient (Wildman–Crippen LogP) is 5.75. The standard InChI is InChI=1S/C22H21F2N3O.2H2/c1-14-20(15(2)27-13-16-9-17(23)11-18(24)10-16)5-4-6-21(14)28-19-7-8-26-22(12-19)25-3;;/h4-12,27H,2,13H2,1,3H3,(H,25,26);2*1H. The Bertz CT molecular complexity index is 995. The molecular formula is C22H25F2N3O. The smallest absolute Gasteiger partial charge is 0.132 e. The van der Waals surface area contributed by atoms with Gasteiger partial charge in [0.25, 0.3) is 0 Å². The molecule has 0 saturated carbocycles. The van der Waals surface area contributed by atoms with E-state index < -0.39 is 11.6 Å². The van der Waals surface area contributed by atoms with Gasteiger partial charge in [0, 0.05) is 51.6 Å². The van der Waals surface area contributed by atoms with E-state index >= 15 is 0 Å². The van der Waals surface area contributed by atoms with Crippen molar-refractivity contribution in [2.45, 2.75) is 13.5 Å². The third kappa shape index (κ3) is 4.65. The number of hydrogen-bond donors (Lipinski definition) is 2. The molecule has 3 aromatic rings. The summed E-state index contributed by atoms with van der Waals surface area (Å²) in [5, 5.41) is 6.09. The number of ether oxygens (including phenoxy) is 1. The van der Waals surface area contributed by atoms with Gasteiger partial charge in [0.05, 0.1) is 0 Å². The first-order valence-corrected chi connectivity index (χ1v) is 8.75. The molecule has 0 amide bonds. The van der Waals surface area contributed by atoms with Gasteiger partial charge in [-0.3, -0.25) is 0 Å². The molecule has 148 valence electrons. The molecule has 3 rings (SSSR count). The SMILES string of the molecule is C=C(NCc1cc(F)cc(F)c1)c1cccc(Oc2ccnc(NC)c2)c1C.[HH].[HH]. The first kappa shape index (κ1) is 19.4. The molecule has 2 N–H and O–H groups in total. The second kappa shape index (κ2) is 8.52. The molecular weight excluding hydrogens is 360 g/mol. The maximum atomic E-state index is 13.3. The number of pyridine rings is 1. The van der Waals surface area contributed by atoms with E-state index in [4.69, 9.17) is 4.74 Å². The van der Waals surface area contributed by atoms with E-state index in [0.29, 0.717) is 28.6 Å². The highest BCUT2D eigenvalue weighted by molar-refractivity contribution is 5.67. The highest BCUT2D eigenvalue weighted by Crippen LogP contribution is 2.30. The van der Waals surface area contributed by atoms with Crippen molar-refractivity contribution in [3.8, 4) is 11.5 Å². The number of nitrogens with zero attached hydrogens (tertiary/aromatic N) is 1. The van der Waals surface area contributed by atoms with Gasteiger partial charge in [0.1, 0.15) is 29.0 Å². The molecule has 0 aliphatic heterocycles. The molecule has 1 aromatic heterocycles. The van der Waals surface area contributed by atoms with E-state index in [1.807, 2.05) is 25.1 Å². The Kier molecular flexibility index (Phi) is 5.89. The van der Waals surface area contributed by atoms with Crippen molar-refractivity contribution >= 4 is 11.5 Å². The summed E-state index contributed by atoms with van der Waals surface area (Å²) in [5.41, 5.74) is 2.89. The van der Waals surface area contributed by atoms with Crippen molar-refractivity contribution in [2.75, 3.05) is 12.4 Å². The lowest BCUT2D eigenvalue weighted by Gasteiger charge is -2.16. The Morgan fingerprint density at radius 1 is 1.14 bits per heavy atom. The second-order valence-electron chi connectivity index (χ2n) is 6.27. The quantitative estimate of drug-likeness (QED) is 0.543. The fraction of sp³-hybridized carbons (Fsp3) is 0.136. The Hall–Kier alpha value is -3.41. The van der Waals surface area contributed by atoms with Crippen molar-refractivity contribution < 1.29 is 16.4 Å². The van der Waals surface area contributed by atoms with E-state index in [-0.39, 0.29) is 9.40 Å². The van der Waals surface area contributed by atoms with E-state index in [0.717, 1.165) is 17.2 Å². The molecule has 4 nitrogen and oxygen atoms in total. The summed E-state index contributed by atoms with van der Waals surface area (Å²) in [4.78, 5) is 4.16. The minimum atomic E-state index is -0.604. The molecule has 0 spiro atoms. The Balaban J connectivity index is 0.00000225. The summed E-state index contributed by atoms with van der Waals surface area (Å²) in [5.74, 6) is 0.846. The predicted molar refractivity (Wildman–Crippen MR) is 111 cm³/mol. The van der Waals surface area contributed by atoms with Crippen molar-refractivity contribution in [3.05, 3.63) is 89.6 Å². The van der Waals surface area contributed by atoms with Crippen LogP contribution in [0.25, 0.3) is 5.70 Å². The molecule has 0 atom stereocenters. The number of anilines is 1. The highest BCUT2D eigenvalue weighted by atomic mass is 19.1. The maximum Gasteiger partial charge on any atom is 0.132 e. The van der Waals surface area contributed by atoms with Gasteiger partial charge in [0.15, 0.2) is 0 Å². The zero-order valence-electron chi connectivity index (χ0n) is 15.7. The van der Waals surface area contributed by atoms with Crippen molar-refractivity contribution in [3.63, 3.8) is 0 Å². The van der Waals surface area contributed by atoms with Crippen LogP contribution in [-0.4, -0.2) is 12.0 Å². The Labute approximate surface area is 165 Å². The summed E-state index contributed by atoms with van der Waals surface area (Å²) >= 11 is 0. The molecule has 6 heteroatoms. The van der Waals surface area contributed by atoms with Crippen LogP contribution >= 0.6 is 0 Å². The monoisotopic (exact) mass is 385 g/mol. The van der Waals surface area contributed by atoms with Gasteiger partial charge in [-0.25, -0.2) is 13.8 Å². The van der Waals surface area contributed by atoms with Gasteiger partial charge in [-0.15, -0.1) is 0 Å². The van der Waals surface area contributed by atoms with Crippen LogP contribution in [-0.2, 0) is 6.54 Å². The lowest BCUT2D eigenvalue weighted by molar-refractivity contribution is 0.478. The fourth-order valence-electron chi connectivity index (χ4n) is 2.81. The molecule has 0 aliphatic carbocycles. The summed E-state index contributed by atoms with van der Waals surface area (Å²) < 4.78 is 32.7. The molecule has 0 bridgehead atoms. The van der Waals surface area contributed by atoms with Gasteiger partial charge >= 0.3 is 0 Å². The summed E-state index contributed by atoms with van der Waals surface area (Å²) in [6, 6.07) is 12.7. The van der Waals surface area contributed by atoms with Crippen LogP contribution in [0, 0.1) is 18.6 Å². The number of halogens is 2. The number of benzene rings is 2. The summed E-state index contributed by atoms with van der Waals surface area (Å²) in [7, 11) is 1.79. The molecule has 0 fully saturated rings. The zero-order valence-corrected chi connectivity index (χ0v) is 15.7. The second-order valence-corrected chi connectivity index (χ2v) is 6.27. The molecule has 0 unspecified atom stereocenters. The Morgan fingerprint density at radius 2 is 1.89 bits per heavy atom. The third-order valence-corrected chi connectivity index (χ3v) is 4.25. The highest BCUT2D eigenvalue weighted by Gasteiger charge is 2.10. The van der Waals surface area contributed by atoms with Gasteiger partial charge in [-0.2, -0.15) is 0 Å². The molecule has 28 heavy (non-hydrogen) atoms. The van der Waals surface area contributed by atoms with Crippen molar-refractivity contribution in [1.29, 1.82) is 0 Å². The minimum Gasteiger partial charge on any atom is -0.457 e. The lowest BCUT2D eigenvalue weighted by Crippen LogP contribution is -2.12. The summed E-state index contributed by atoms with van der Waals surface area (Å²) in [6.07, 6.45) is 1.67. The topological polar surface area (TPSA) is 46.2 Å². The average Bonchev–Trinajstić information content (AvgIpc) is 2.67. The van der Waals surface area contributed by atoms with Crippen molar-refractivity contribution in [1.82, 2.24) is 10.3 Å². The average molecular weight is 385 g/mol. The van der Waals surface area contributed by atoms with Crippen molar-refractivity contribution in [2.24, 2.45) is 0 Å². The molecule has 2 aromatic carbocycles. The molecule has 0 aliphatic rings. The number of nitrogens with one attached hydrogen (secondary N) is 2. The van der Waals surface area contributed by atoms with Gasteiger partial charge in [-0.1, -0.05) is 18.7 Å². The number of rotatable bonds is 7. The fourth-order valence-corrected chi connectivity index (χ4v) is 2.81. The van der Waals surface area contributed by atoms with Gasteiger partial charge < -0.3 is 15.4 Å². The Morgan fingerprint density at radius 3 is 2.61 bits per heavy atom. The van der Waals surface area contributed by atoms with Crippen LogP contribution in [0.4, 0.5) is 14.6 Å². The number of hydrogen-bond acceptors (Lipinski definition) is 4. The largest absolute Gasteiger partial charge is 0.457 e. The molecule has 0 radical (unpaired) electrons. The van der Waals surface area contributed by atoms with E-state index in [1.54, 1.807) is 25.4 Å². The summed E-state index contributed by atoms with van der Waals surface area (Å²) in [6.45, 7) is 6.24. The van der Waals surface area contributed by atoms with Crippen LogP contribution in [0.2, 0.25) is 0 Å². The van der Waals surface area contributed by atoms with Crippen LogP contribution in [0.1, 0.15) is 19.5 Å². The zero-order chi connectivity index (χ0) is 20.1. The lowest BCUT2D eigenvalue weighted by atomic mass is 10.0. The third-order valence-electron chi connectivity index (χ3n) is 4.25. The molecule has 0 saturated heterocycles.